The van der Waals surface area contributed by atoms with Gasteiger partial charge in [0.05, 0.1) is 17.7 Å². The first-order valence-electron chi connectivity index (χ1n) is 8.37. The first-order chi connectivity index (χ1) is 12.4. The lowest BCUT2D eigenvalue weighted by molar-refractivity contribution is -0.142. The van der Waals surface area contributed by atoms with E-state index in [1.165, 1.54) is 30.1 Å². The highest BCUT2D eigenvalue weighted by Crippen LogP contribution is 2.35. The quantitative estimate of drug-likeness (QED) is 0.812. The molecule has 2 heterocycles. The fourth-order valence-electron chi connectivity index (χ4n) is 3.13. The van der Waals surface area contributed by atoms with E-state index in [0.29, 0.717) is 12.3 Å². The third-order valence-corrected chi connectivity index (χ3v) is 5.02. The minimum absolute atomic E-state index is 0.0408. The number of nitrogens with one attached hydrogen (secondary N) is 1. The first-order valence-corrected chi connectivity index (χ1v) is 8.75. The summed E-state index contributed by atoms with van der Waals surface area (Å²) in [5, 5.41) is 2.75. The van der Waals surface area contributed by atoms with Gasteiger partial charge in [0.1, 0.15) is 12.4 Å². The van der Waals surface area contributed by atoms with Crippen molar-refractivity contribution in [3.63, 3.8) is 0 Å². The number of nitrogens with zero attached hydrogens (tertiary/aromatic N) is 1. The predicted octanol–water partition coefficient (Wildman–Crippen LogP) is 3.17. The van der Waals surface area contributed by atoms with Crippen LogP contribution in [0.25, 0.3) is 0 Å². The van der Waals surface area contributed by atoms with E-state index < -0.39 is 23.9 Å². The van der Waals surface area contributed by atoms with E-state index in [0.717, 1.165) is 12.8 Å². The zero-order chi connectivity index (χ0) is 18.8. The lowest BCUT2D eigenvalue weighted by atomic mass is 9.94. The van der Waals surface area contributed by atoms with Gasteiger partial charge in [0, 0.05) is 29.9 Å². The van der Waals surface area contributed by atoms with E-state index in [9.17, 15) is 14.0 Å². The Balaban J connectivity index is 1.93. The van der Waals surface area contributed by atoms with Gasteiger partial charge >= 0.3 is 12.0 Å². The molecular weight excluding hydrogens is 363 g/mol. The molecule has 0 saturated carbocycles. The molecule has 0 aromatic heterocycles. The van der Waals surface area contributed by atoms with Crippen LogP contribution in [0.5, 0.6) is 0 Å². The van der Waals surface area contributed by atoms with Crippen LogP contribution in [-0.4, -0.2) is 43.3 Å². The van der Waals surface area contributed by atoms with Gasteiger partial charge in [-0.15, -0.1) is 0 Å². The standard InChI is InChI=1S/C18H20ClFN2O4/c1-10-14(17(23)26-9-11-5-4-8-25-11)16(21-18(24)22(10)2)15-12(19)6-3-7-13(15)20/h3,6-7,11,16H,4-5,8-9H2,1-2H3,(H,21,24)/t11-,16+/m0/s1. The lowest BCUT2D eigenvalue weighted by Crippen LogP contribution is -2.46. The van der Waals surface area contributed by atoms with E-state index in [2.05, 4.69) is 5.32 Å². The summed E-state index contributed by atoms with van der Waals surface area (Å²) in [7, 11) is 1.53. The minimum Gasteiger partial charge on any atom is -0.459 e. The molecule has 0 spiro atoms. The number of benzene rings is 1. The molecule has 1 saturated heterocycles. The summed E-state index contributed by atoms with van der Waals surface area (Å²) in [4.78, 5) is 26.2. The van der Waals surface area contributed by atoms with Crippen LogP contribution in [0.2, 0.25) is 5.02 Å². The SMILES string of the molecule is CC1=C(C(=O)OC[C@@H]2CCCO2)[C@H](c2c(F)cccc2Cl)NC(=O)N1C. The van der Waals surface area contributed by atoms with Crippen LogP contribution in [0.1, 0.15) is 31.4 Å². The second kappa shape index (κ2) is 7.63. The molecule has 140 valence electrons. The molecule has 1 fully saturated rings. The minimum atomic E-state index is -1.02. The summed E-state index contributed by atoms with van der Waals surface area (Å²) in [5.74, 6) is -1.24. The van der Waals surface area contributed by atoms with E-state index in [-0.39, 0.29) is 28.9 Å². The van der Waals surface area contributed by atoms with Crippen LogP contribution in [0, 0.1) is 5.82 Å². The molecule has 0 radical (unpaired) electrons. The number of urea groups is 1. The molecule has 2 amide bonds. The molecule has 26 heavy (non-hydrogen) atoms. The Labute approximate surface area is 155 Å². The fraction of sp³-hybridized carbons (Fsp3) is 0.444. The Morgan fingerprint density at radius 1 is 1.50 bits per heavy atom. The second-order valence-corrected chi connectivity index (χ2v) is 6.72. The molecule has 1 aromatic rings. The normalized spacial score (nSPS) is 23.2. The van der Waals surface area contributed by atoms with Crippen LogP contribution < -0.4 is 5.32 Å². The summed E-state index contributed by atoms with van der Waals surface area (Å²) in [6.07, 6.45) is 1.62. The Hall–Kier alpha value is -2.12. The summed E-state index contributed by atoms with van der Waals surface area (Å²) in [6, 6.07) is 2.72. The molecule has 2 atom stereocenters. The number of ether oxygens (including phenoxy) is 2. The van der Waals surface area contributed by atoms with Crippen LogP contribution in [0.15, 0.2) is 29.5 Å². The van der Waals surface area contributed by atoms with Gasteiger partial charge in [-0.05, 0) is 31.9 Å². The highest BCUT2D eigenvalue weighted by atomic mass is 35.5. The highest BCUT2D eigenvalue weighted by Gasteiger charge is 2.37. The molecule has 0 bridgehead atoms. The summed E-state index contributed by atoms with van der Waals surface area (Å²) in [6.45, 7) is 2.38. The predicted molar refractivity (Wildman–Crippen MR) is 93.1 cm³/mol. The third-order valence-electron chi connectivity index (χ3n) is 4.69. The maximum Gasteiger partial charge on any atom is 0.338 e. The largest absolute Gasteiger partial charge is 0.459 e. The fourth-order valence-corrected chi connectivity index (χ4v) is 3.40. The molecule has 6 nitrogen and oxygen atoms in total. The lowest BCUT2D eigenvalue weighted by Gasteiger charge is -2.33. The van der Waals surface area contributed by atoms with Gasteiger partial charge in [0.25, 0.3) is 0 Å². The van der Waals surface area contributed by atoms with Crippen molar-refractivity contribution in [2.45, 2.75) is 31.9 Å². The smallest absolute Gasteiger partial charge is 0.338 e. The average Bonchev–Trinajstić information content (AvgIpc) is 3.11. The Bertz CT molecular complexity index is 741. The van der Waals surface area contributed by atoms with E-state index in [4.69, 9.17) is 21.1 Å². The number of allylic oxidation sites excluding steroid dienone is 1. The van der Waals surface area contributed by atoms with Crippen LogP contribution >= 0.6 is 11.6 Å². The zero-order valence-electron chi connectivity index (χ0n) is 14.6. The van der Waals surface area contributed by atoms with Crippen molar-refractivity contribution in [1.29, 1.82) is 0 Å². The van der Waals surface area contributed by atoms with Crippen LogP contribution in [0.4, 0.5) is 9.18 Å². The highest BCUT2D eigenvalue weighted by molar-refractivity contribution is 6.31. The van der Waals surface area contributed by atoms with E-state index in [1.807, 2.05) is 0 Å². The number of amides is 2. The van der Waals surface area contributed by atoms with Gasteiger partial charge in [-0.3, -0.25) is 0 Å². The monoisotopic (exact) mass is 382 g/mol. The first kappa shape index (κ1) is 18.7. The van der Waals surface area contributed by atoms with Gasteiger partial charge in [-0.1, -0.05) is 17.7 Å². The Morgan fingerprint density at radius 3 is 2.92 bits per heavy atom. The number of carbonyl (C=O) groups excluding carboxylic acids is 2. The van der Waals surface area contributed by atoms with Gasteiger partial charge < -0.3 is 19.7 Å². The van der Waals surface area contributed by atoms with Gasteiger partial charge in [0.15, 0.2) is 0 Å². The molecule has 8 heteroatoms. The molecule has 2 aliphatic rings. The molecule has 2 aliphatic heterocycles. The Morgan fingerprint density at radius 2 is 2.27 bits per heavy atom. The summed E-state index contributed by atoms with van der Waals surface area (Å²) >= 11 is 6.15. The molecule has 3 rings (SSSR count). The number of hydrogen-bond donors (Lipinski definition) is 1. The van der Waals surface area contributed by atoms with Crippen molar-refractivity contribution in [3.05, 3.63) is 45.9 Å². The Kier molecular flexibility index (Phi) is 5.48. The number of rotatable bonds is 4. The molecule has 1 N–H and O–H groups in total. The number of hydrogen-bond acceptors (Lipinski definition) is 4. The maximum atomic E-state index is 14.4. The van der Waals surface area contributed by atoms with Gasteiger partial charge in [-0.25, -0.2) is 14.0 Å². The van der Waals surface area contributed by atoms with Gasteiger partial charge in [0.2, 0.25) is 0 Å². The van der Waals surface area contributed by atoms with Crippen molar-refractivity contribution in [3.8, 4) is 0 Å². The second-order valence-electron chi connectivity index (χ2n) is 6.31. The summed E-state index contributed by atoms with van der Waals surface area (Å²) < 4.78 is 25.2. The van der Waals surface area contributed by atoms with Gasteiger partial charge in [-0.2, -0.15) is 0 Å². The van der Waals surface area contributed by atoms with Crippen molar-refractivity contribution in [2.24, 2.45) is 0 Å². The third kappa shape index (κ3) is 3.54. The molecule has 0 aliphatic carbocycles. The molecular formula is C18H20ClFN2O4. The molecule has 1 aromatic carbocycles. The van der Waals surface area contributed by atoms with E-state index in [1.54, 1.807) is 6.92 Å². The number of halogens is 2. The maximum absolute atomic E-state index is 14.4. The van der Waals surface area contributed by atoms with Crippen LogP contribution in [0.3, 0.4) is 0 Å². The average molecular weight is 383 g/mol. The number of esters is 1. The van der Waals surface area contributed by atoms with Crippen molar-refractivity contribution >= 4 is 23.6 Å². The number of carbonyl (C=O) groups is 2. The van der Waals surface area contributed by atoms with Crippen molar-refractivity contribution < 1.29 is 23.5 Å². The summed E-state index contributed by atoms with van der Waals surface area (Å²) in [5.41, 5.74) is 0.576. The van der Waals surface area contributed by atoms with Crippen LogP contribution in [-0.2, 0) is 14.3 Å². The van der Waals surface area contributed by atoms with E-state index >= 15 is 0 Å². The van der Waals surface area contributed by atoms with Crippen molar-refractivity contribution in [1.82, 2.24) is 10.2 Å². The zero-order valence-corrected chi connectivity index (χ0v) is 15.3. The topological polar surface area (TPSA) is 67.9 Å². The molecule has 0 unspecified atom stereocenters. The van der Waals surface area contributed by atoms with Crippen molar-refractivity contribution in [2.75, 3.05) is 20.3 Å².